The maximum atomic E-state index is 11.5. The number of carbonyl (C=O) groups is 1. The highest BCUT2D eigenvalue weighted by atomic mass is 16.5. The number of hydrogen-bond acceptors (Lipinski definition) is 2. The van der Waals surface area contributed by atoms with Crippen LogP contribution in [0.1, 0.15) is 26.7 Å². The first kappa shape index (κ1) is 10.7. The average Bonchev–Trinajstić information content (AvgIpc) is 2.62. The van der Waals surface area contributed by atoms with Crippen LogP contribution in [0.5, 0.6) is 0 Å². The van der Waals surface area contributed by atoms with Crippen molar-refractivity contribution in [3.63, 3.8) is 0 Å². The number of amides is 2. The Hall–Kier alpha value is -0.770. The molecule has 0 spiro atoms. The van der Waals surface area contributed by atoms with Crippen LogP contribution in [-0.4, -0.2) is 31.8 Å². The van der Waals surface area contributed by atoms with E-state index in [9.17, 15) is 4.79 Å². The molecule has 2 atom stereocenters. The van der Waals surface area contributed by atoms with Crippen molar-refractivity contribution in [1.82, 2.24) is 10.6 Å². The van der Waals surface area contributed by atoms with Gasteiger partial charge in [-0.25, -0.2) is 4.79 Å². The Bertz CT molecular complexity index is 247. The second-order valence-electron chi connectivity index (χ2n) is 5.30. The molecule has 1 aliphatic heterocycles. The fraction of sp³-hybridized carbons (Fsp3) is 0.909. The summed E-state index contributed by atoms with van der Waals surface area (Å²) in [4.78, 5) is 11.5. The molecule has 0 radical (unpaired) electrons. The summed E-state index contributed by atoms with van der Waals surface area (Å²) < 4.78 is 5.19. The predicted molar refractivity (Wildman–Crippen MR) is 57.6 cm³/mol. The molecule has 4 heteroatoms. The van der Waals surface area contributed by atoms with Crippen LogP contribution < -0.4 is 10.6 Å². The molecule has 2 aliphatic rings. The molecule has 1 saturated heterocycles. The molecule has 86 valence electrons. The fourth-order valence-electron chi connectivity index (χ4n) is 2.03. The predicted octanol–water partition coefficient (Wildman–Crippen LogP) is 1.12. The largest absolute Gasteiger partial charge is 0.379 e. The maximum Gasteiger partial charge on any atom is 0.315 e. The van der Waals surface area contributed by atoms with Gasteiger partial charge in [-0.3, -0.25) is 0 Å². The zero-order valence-corrected chi connectivity index (χ0v) is 9.51. The third kappa shape index (κ3) is 2.84. The van der Waals surface area contributed by atoms with Crippen LogP contribution in [0.3, 0.4) is 0 Å². The van der Waals surface area contributed by atoms with E-state index in [-0.39, 0.29) is 12.1 Å². The van der Waals surface area contributed by atoms with E-state index in [0.717, 1.165) is 19.6 Å². The van der Waals surface area contributed by atoms with Crippen molar-refractivity contribution in [1.29, 1.82) is 0 Å². The van der Waals surface area contributed by atoms with E-state index in [2.05, 4.69) is 24.5 Å². The maximum absolute atomic E-state index is 11.5. The highest BCUT2D eigenvalue weighted by Crippen LogP contribution is 2.50. The standard InChI is InChI=1S/C11H20N2O2/c1-11(2)5-8(11)6-12-10(14)13-9-3-4-15-7-9/h8-9H,3-7H2,1-2H3,(H2,12,13,14). The van der Waals surface area contributed by atoms with Gasteiger partial charge in [0.25, 0.3) is 0 Å². The molecule has 2 unspecified atom stereocenters. The van der Waals surface area contributed by atoms with Gasteiger partial charge >= 0.3 is 6.03 Å². The first-order valence-electron chi connectivity index (χ1n) is 5.70. The summed E-state index contributed by atoms with van der Waals surface area (Å²) in [7, 11) is 0. The molecule has 0 aromatic rings. The van der Waals surface area contributed by atoms with Gasteiger partial charge in [0, 0.05) is 13.2 Å². The lowest BCUT2D eigenvalue weighted by molar-refractivity contribution is 0.188. The molecule has 2 amide bonds. The van der Waals surface area contributed by atoms with Crippen LogP contribution in [0.2, 0.25) is 0 Å². The summed E-state index contributed by atoms with van der Waals surface area (Å²) in [6.45, 7) is 6.69. The van der Waals surface area contributed by atoms with E-state index in [1.165, 1.54) is 6.42 Å². The quantitative estimate of drug-likeness (QED) is 0.736. The number of hydrogen-bond donors (Lipinski definition) is 2. The lowest BCUT2D eigenvalue weighted by Crippen LogP contribution is -2.43. The lowest BCUT2D eigenvalue weighted by atomic mass is 10.1. The first-order chi connectivity index (χ1) is 7.08. The molecule has 4 nitrogen and oxygen atoms in total. The SMILES string of the molecule is CC1(C)CC1CNC(=O)NC1CCOC1. The van der Waals surface area contributed by atoms with Crippen molar-refractivity contribution >= 4 is 6.03 Å². The third-order valence-corrected chi connectivity index (χ3v) is 3.49. The molecule has 1 saturated carbocycles. The zero-order chi connectivity index (χ0) is 10.9. The van der Waals surface area contributed by atoms with Gasteiger partial charge in [-0.2, -0.15) is 0 Å². The molecule has 2 rings (SSSR count). The van der Waals surface area contributed by atoms with Crippen LogP contribution in [0.25, 0.3) is 0 Å². The van der Waals surface area contributed by atoms with Crippen molar-refractivity contribution in [3.8, 4) is 0 Å². The van der Waals surface area contributed by atoms with Crippen molar-refractivity contribution < 1.29 is 9.53 Å². The van der Waals surface area contributed by atoms with E-state index < -0.39 is 0 Å². The topological polar surface area (TPSA) is 50.4 Å². The molecule has 2 fully saturated rings. The number of urea groups is 1. The minimum absolute atomic E-state index is 0.0480. The zero-order valence-electron chi connectivity index (χ0n) is 9.51. The van der Waals surface area contributed by atoms with Crippen LogP contribution in [0.4, 0.5) is 4.79 Å². The minimum Gasteiger partial charge on any atom is -0.379 e. The molecule has 1 heterocycles. The Morgan fingerprint density at radius 2 is 2.27 bits per heavy atom. The second kappa shape index (κ2) is 4.00. The van der Waals surface area contributed by atoms with Gasteiger partial charge in [0.05, 0.1) is 12.6 Å². The Morgan fingerprint density at radius 3 is 2.80 bits per heavy atom. The molecule has 0 aromatic carbocycles. The van der Waals surface area contributed by atoms with Gasteiger partial charge in [-0.15, -0.1) is 0 Å². The fourth-order valence-corrected chi connectivity index (χ4v) is 2.03. The van der Waals surface area contributed by atoms with Crippen molar-refractivity contribution in [3.05, 3.63) is 0 Å². The van der Waals surface area contributed by atoms with Crippen LogP contribution in [0, 0.1) is 11.3 Å². The summed E-state index contributed by atoms with van der Waals surface area (Å²) >= 11 is 0. The number of carbonyl (C=O) groups excluding carboxylic acids is 1. The summed E-state index contributed by atoms with van der Waals surface area (Å²) in [5.41, 5.74) is 0.434. The van der Waals surface area contributed by atoms with Crippen LogP contribution >= 0.6 is 0 Å². The van der Waals surface area contributed by atoms with E-state index >= 15 is 0 Å². The summed E-state index contributed by atoms with van der Waals surface area (Å²) in [6.07, 6.45) is 2.15. The molecule has 0 bridgehead atoms. The van der Waals surface area contributed by atoms with E-state index in [1.807, 2.05) is 0 Å². The van der Waals surface area contributed by atoms with Gasteiger partial charge in [0.2, 0.25) is 0 Å². The first-order valence-corrected chi connectivity index (χ1v) is 5.70. The van der Waals surface area contributed by atoms with Gasteiger partial charge in [-0.05, 0) is 24.2 Å². The lowest BCUT2D eigenvalue weighted by Gasteiger charge is -2.12. The Morgan fingerprint density at radius 1 is 1.53 bits per heavy atom. The van der Waals surface area contributed by atoms with E-state index in [0.29, 0.717) is 17.9 Å². The summed E-state index contributed by atoms with van der Waals surface area (Å²) in [5, 5.41) is 5.84. The Balaban J connectivity index is 1.61. The van der Waals surface area contributed by atoms with Crippen molar-refractivity contribution in [2.24, 2.45) is 11.3 Å². The minimum atomic E-state index is -0.0480. The monoisotopic (exact) mass is 212 g/mol. The molecule has 1 aliphatic carbocycles. The molecule has 0 aromatic heterocycles. The number of rotatable bonds is 3. The van der Waals surface area contributed by atoms with Gasteiger partial charge in [-0.1, -0.05) is 13.8 Å². The van der Waals surface area contributed by atoms with Crippen LogP contribution in [-0.2, 0) is 4.74 Å². The molecular weight excluding hydrogens is 192 g/mol. The smallest absolute Gasteiger partial charge is 0.315 e. The Kier molecular flexibility index (Phi) is 2.87. The van der Waals surface area contributed by atoms with Crippen LogP contribution in [0.15, 0.2) is 0 Å². The van der Waals surface area contributed by atoms with E-state index in [4.69, 9.17) is 4.74 Å². The van der Waals surface area contributed by atoms with Crippen molar-refractivity contribution in [2.75, 3.05) is 19.8 Å². The average molecular weight is 212 g/mol. The summed E-state index contributed by atoms with van der Waals surface area (Å²) in [6, 6.07) is 0.158. The highest BCUT2D eigenvalue weighted by molar-refractivity contribution is 5.74. The number of ether oxygens (including phenoxy) is 1. The molecule has 15 heavy (non-hydrogen) atoms. The second-order valence-corrected chi connectivity index (χ2v) is 5.30. The van der Waals surface area contributed by atoms with Crippen molar-refractivity contribution in [2.45, 2.75) is 32.7 Å². The van der Waals surface area contributed by atoms with Gasteiger partial charge in [0.15, 0.2) is 0 Å². The van der Waals surface area contributed by atoms with Gasteiger partial charge in [0.1, 0.15) is 0 Å². The molecule has 2 N–H and O–H groups in total. The molecular formula is C11H20N2O2. The summed E-state index contributed by atoms with van der Waals surface area (Å²) in [5.74, 6) is 0.656. The normalized spacial score (nSPS) is 32.4. The highest BCUT2D eigenvalue weighted by Gasteiger charge is 2.45. The third-order valence-electron chi connectivity index (χ3n) is 3.49. The Labute approximate surface area is 90.8 Å². The van der Waals surface area contributed by atoms with Gasteiger partial charge < -0.3 is 15.4 Å². The number of nitrogens with one attached hydrogen (secondary N) is 2. The van der Waals surface area contributed by atoms with E-state index in [1.54, 1.807) is 0 Å².